The number of hydrazine groups is 1. The third-order valence-electron chi connectivity index (χ3n) is 5.31. The number of thiophene rings is 1. The van der Waals surface area contributed by atoms with Gasteiger partial charge in [0.25, 0.3) is 11.8 Å². The van der Waals surface area contributed by atoms with Crippen LogP contribution < -0.4 is 10.9 Å². The fourth-order valence-corrected chi connectivity index (χ4v) is 4.91. The van der Waals surface area contributed by atoms with E-state index in [4.69, 9.17) is 0 Å². The van der Waals surface area contributed by atoms with Crippen molar-refractivity contribution >= 4 is 23.2 Å². The Morgan fingerprint density at radius 3 is 2.77 bits per heavy atom. The fraction of sp³-hybridized carbons (Fsp3) is 0.364. The lowest BCUT2D eigenvalue weighted by Crippen LogP contribution is -2.41. The monoisotopic (exact) mass is 423 g/mol. The van der Waals surface area contributed by atoms with E-state index in [2.05, 4.69) is 27.9 Å². The molecule has 2 amide bonds. The molecule has 8 heteroatoms. The van der Waals surface area contributed by atoms with Gasteiger partial charge in [-0.05, 0) is 54.9 Å². The first-order chi connectivity index (χ1) is 14.4. The largest absolute Gasteiger partial charge is 0.279 e. The summed E-state index contributed by atoms with van der Waals surface area (Å²) in [4.78, 5) is 31.6. The molecule has 30 heavy (non-hydrogen) atoms. The zero-order chi connectivity index (χ0) is 21.3. The molecule has 1 atom stereocenters. The zero-order valence-corrected chi connectivity index (χ0v) is 18.1. The molecule has 1 aliphatic rings. The maximum atomic E-state index is 12.8. The molecule has 156 valence electrons. The van der Waals surface area contributed by atoms with Crippen LogP contribution in [0.1, 0.15) is 69.3 Å². The first kappa shape index (κ1) is 20.3. The molecule has 0 aromatic carbocycles. The number of nitrogens with one attached hydrogen (secondary N) is 2. The van der Waals surface area contributed by atoms with Crippen molar-refractivity contribution in [3.63, 3.8) is 0 Å². The van der Waals surface area contributed by atoms with Gasteiger partial charge in [-0.25, -0.2) is 9.67 Å². The molecule has 3 aromatic heterocycles. The Labute approximate surface area is 179 Å². The van der Waals surface area contributed by atoms with Crippen LogP contribution >= 0.6 is 11.3 Å². The molecule has 1 unspecified atom stereocenters. The molecule has 0 bridgehead atoms. The van der Waals surface area contributed by atoms with Crippen LogP contribution in [-0.2, 0) is 12.8 Å². The van der Waals surface area contributed by atoms with Crippen LogP contribution in [0.5, 0.6) is 0 Å². The van der Waals surface area contributed by atoms with Crippen LogP contribution in [0.15, 0.2) is 36.7 Å². The summed E-state index contributed by atoms with van der Waals surface area (Å²) in [7, 11) is 0. The standard InChI is InChI=1S/C22H25N5O2S/c1-13(2)20-16(12-24-27(20)19-6-4-5-9-23-19)21(28)25-26-22(29)18-11-15-10-14(3)7-8-17(15)30-18/h4-6,9,11-14H,7-8,10H2,1-3H3,(H,25,28)(H,26,29). The van der Waals surface area contributed by atoms with Crippen LogP contribution in [-0.4, -0.2) is 26.6 Å². The highest BCUT2D eigenvalue weighted by Crippen LogP contribution is 2.32. The van der Waals surface area contributed by atoms with Gasteiger partial charge in [0.15, 0.2) is 5.82 Å². The number of carbonyl (C=O) groups excluding carboxylic acids is 2. The average molecular weight is 424 g/mol. The second kappa shape index (κ2) is 8.39. The summed E-state index contributed by atoms with van der Waals surface area (Å²) < 4.78 is 1.66. The van der Waals surface area contributed by atoms with E-state index in [0.29, 0.717) is 22.2 Å². The van der Waals surface area contributed by atoms with Gasteiger partial charge in [0.1, 0.15) is 0 Å². The van der Waals surface area contributed by atoms with E-state index in [1.165, 1.54) is 28.0 Å². The zero-order valence-electron chi connectivity index (χ0n) is 17.3. The van der Waals surface area contributed by atoms with Crippen molar-refractivity contribution in [3.05, 3.63) is 63.2 Å². The van der Waals surface area contributed by atoms with Gasteiger partial charge in [0.2, 0.25) is 0 Å². The summed E-state index contributed by atoms with van der Waals surface area (Å²) in [5.41, 5.74) is 7.50. The highest BCUT2D eigenvalue weighted by Gasteiger charge is 2.23. The Morgan fingerprint density at radius 1 is 1.23 bits per heavy atom. The number of hydrogen-bond acceptors (Lipinski definition) is 5. The number of rotatable bonds is 4. The Kier molecular flexibility index (Phi) is 5.67. The van der Waals surface area contributed by atoms with Gasteiger partial charge < -0.3 is 0 Å². The summed E-state index contributed by atoms with van der Waals surface area (Å²) in [6.45, 7) is 6.21. The van der Waals surface area contributed by atoms with Crippen molar-refractivity contribution in [3.8, 4) is 5.82 Å². The van der Waals surface area contributed by atoms with Gasteiger partial charge in [0.05, 0.1) is 22.3 Å². The highest BCUT2D eigenvalue weighted by molar-refractivity contribution is 7.14. The van der Waals surface area contributed by atoms with Gasteiger partial charge in [-0.15, -0.1) is 11.3 Å². The van der Waals surface area contributed by atoms with E-state index in [-0.39, 0.29) is 11.8 Å². The summed E-state index contributed by atoms with van der Waals surface area (Å²) in [5, 5.41) is 4.35. The minimum atomic E-state index is -0.399. The van der Waals surface area contributed by atoms with Gasteiger partial charge in [-0.1, -0.05) is 26.8 Å². The molecule has 0 fully saturated rings. The van der Waals surface area contributed by atoms with Crippen LogP contribution in [0.4, 0.5) is 0 Å². The van der Waals surface area contributed by atoms with Gasteiger partial charge >= 0.3 is 0 Å². The van der Waals surface area contributed by atoms with E-state index in [9.17, 15) is 9.59 Å². The van der Waals surface area contributed by atoms with Gasteiger partial charge in [-0.3, -0.25) is 20.4 Å². The number of carbonyl (C=O) groups is 2. The van der Waals surface area contributed by atoms with Crippen molar-refractivity contribution in [2.24, 2.45) is 5.92 Å². The van der Waals surface area contributed by atoms with Crippen molar-refractivity contribution < 1.29 is 9.59 Å². The molecule has 0 radical (unpaired) electrons. The number of amides is 2. The lowest BCUT2D eigenvalue weighted by atomic mass is 9.90. The highest BCUT2D eigenvalue weighted by atomic mass is 32.1. The normalized spacial score (nSPS) is 15.7. The van der Waals surface area contributed by atoms with Crippen LogP contribution in [0.25, 0.3) is 5.82 Å². The molecule has 3 aromatic rings. The number of aryl methyl sites for hydroxylation is 1. The number of fused-ring (bicyclic) bond motifs is 1. The van der Waals surface area contributed by atoms with Crippen molar-refractivity contribution in [2.75, 3.05) is 0 Å². The van der Waals surface area contributed by atoms with Crippen LogP contribution in [0, 0.1) is 5.92 Å². The fourth-order valence-electron chi connectivity index (χ4n) is 3.81. The van der Waals surface area contributed by atoms with Crippen molar-refractivity contribution in [1.29, 1.82) is 0 Å². The third-order valence-corrected chi connectivity index (χ3v) is 6.54. The Bertz CT molecular complexity index is 1070. The summed E-state index contributed by atoms with van der Waals surface area (Å²) in [6, 6.07) is 7.49. The molecule has 2 N–H and O–H groups in total. The Morgan fingerprint density at radius 2 is 2.03 bits per heavy atom. The molecule has 0 aliphatic heterocycles. The maximum absolute atomic E-state index is 12.8. The maximum Gasteiger partial charge on any atom is 0.279 e. The predicted molar refractivity (Wildman–Crippen MR) is 116 cm³/mol. The van der Waals surface area contributed by atoms with E-state index < -0.39 is 5.91 Å². The molecule has 1 aliphatic carbocycles. The average Bonchev–Trinajstić information content (AvgIpc) is 3.36. The Hall–Kier alpha value is -3.00. The summed E-state index contributed by atoms with van der Waals surface area (Å²) >= 11 is 1.51. The minimum absolute atomic E-state index is 0.0389. The lowest BCUT2D eigenvalue weighted by Gasteiger charge is -2.16. The molecule has 3 heterocycles. The second-order valence-electron chi connectivity index (χ2n) is 8.01. The van der Waals surface area contributed by atoms with E-state index in [1.54, 1.807) is 10.9 Å². The van der Waals surface area contributed by atoms with Crippen LogP contribution in [0.3, 0.4) is 0 Å². The molecular formula is C22H25N5O2S. The topological polar surface area (TPSA) is 88.9 Å². The smallest absolute Gasteiger partial charge is 0.267 e. The lowest BCUT2D eigenvalue weighted by molar-refractivity contribution is 0.0848. The second-order valence-corrected chi connectivity index (χ2v) is 9.15. The predicted octanol–water partition coefficient (Wildman–Crippen LogP) is 3.65. The molecule has 0 saturated heterocycles. The molecular weight excluding hydrogens is 398 g/mol. The van der Waals surface area contributed by atoms with Crippen LogP contribution in [0.2, 0.25) is 0 Å². The molecule has 7 nitrogen and oxygen atoms in total. The molecule has 0 saturated carbocycles. The first-order valence-corrected chi connectivity index (χ1v) is 11.0. The van der Waals surface area contributed by atoms with E-state index in [1.807, 2.05) is 38.1 Å². The van der Waals surface area contributed by atoms with Crippen molar-refractivity contribution in [2.45, 2.75) is 46.0 Å². The van der Waals surface area contributed by atoms with Crippen molar-refractivity contribution in [1.82, 2.24) is 25.6 Å². The first-order valence-electron chi connectivity index (χ1n) is 10.2. The number of hydrogen-bond donors (Lipinski definition) is 2. The molecule has 4 rings (SSSR count). The summed E-state index contributed by atoms with van der Waals surface area (Å²) in [5.74, 6) is 0.634. The third kappa shape index (κ3) is 4.00. The number of pyridine rings is 1. The number of nitrogens with zero attached hydrogens (tertiary/aromatic N) is 3. The SMILES string of the molecule is CC1CCc2sc(C(=O)NNC(=O)c3cnn(-c4ccccn4)c3C(C)C)cc2C1. The summed E-state index contributed by atoms with van der Waals surface area (Å²) in [6.07, 6.45) is 6.38. The van der Waals surface area contributed by atoms with E-state index in [0.717, 1.165) is 25.0 Å². The van der Waals surface area contributed by atoms with Gasteiger partial charge in [0, 0.05) is 11.1 Å². The quantitative estimate of drug-likeness (QED) is 0.627. The van der Waals surface area contributed by atoms with Gasteiger partial charge in [-0.2, -0.15) is 5.10 Å². The Balaban J connectivity index is 1.48. The minimum Gasteiger partial charge on any atom is -0.267 e. The number of aromatic nitrogens is 3. The molecule has 0 spiro atoms. The van der Waals surface area contributed by atoms with E-state index >= 15 is 0 Å².